The number of aryl methyl sites for hydroxylation is 2. The summed E-state index contributed by atoms with van der Waals surface area (Å²) in [6, 6.07) is 13.3. The monoisotopic (exact) mass is 409 g/mol. The zero-order valence-corrected chi connectivity index (χ0v) is 15.8. The number of benzene rings is 2. The molecule has 0 radical (unpaired) electrons. The summed E-state index contributed by atoms with van der Waals surface area (Å²) in [6.07, 6.45) is 0. The van der Waals surface area contributed by atoms with Gasteiger partial charge in [-0.25, -0.2) is 5.10 Å². The fraction of sp³-hybridized carbons (Fsp3) is 0.100. The van der Waals surface area contributed by atoms with Gasteiger partial charge in [0.15, 0.2) is 0 Å². The smallest absolute Gasteiger partial charge is 0.273 e. The molecular weight excluding hydrogens is 394 g/mol. The summed E-state index contributed by atoms with van der Waals surface area (Å²) in [4.78, 5) is 15.7. The number of rotatable bonds is 2. The van der Waals surface area contributed by atoms with Crippen LogP contribution in [0.5, 0.6) is 5.75 Å². The maximum atomic E-state index is 12.4. The van der Waals surface area contributed by atoms with Crippen LogP contribution < -0.4 is 5.56 Å². The Labute approximate surface area is 157 Å². The number of phenolic OH excluding ortho intramolecular Hbond substituents is 1. The quantitative estimate of drug-likeness (QED) is 0.449. The standard InChI is InChI=1S/C20H16BrN3O2/c1-10-7-12(8-11(2)19(10)25)16-9-14(20(26)24-23-16)18-17(21)13-5-3-4-6-15(13)22-18/h3-9,22,25H,1-2H3,(H,24,26). The zero-order chi connectivity index (χ0) is 18.4. The molecule has 0 spiro atoms. The van der Waals surface area contributed by atoms with Crippen molar-refractivity contribution in [2.24, 2.45) is 0 Å². The van der Waals surface area contributed by atoms with Crippen LogP contribution in [0.4, 0.5) is 0 Å². The number of hydrogen-bond acceptors (Lipinski definition) is 3. The first-order valence-corrected chi connectivity index (χ1v) is 8.92. The Hall–Kier alpha value is -2.86. The van der Waals surface area contributed by atoms with Gasteiger partial charge in [0.05, 0.1) is 21.4 Å². The predicted molar refractivity (Wildman–Crippen MR) is 106 cm³/mol. The van der Waals surface area contributed by atoms with Crippen LogP contribution in [0.15, 0.2) is 51.7 Å². The van der Waals surface area contributed by atoms with Crippen LogP contribution in [-0.4, -0.2) is 20.3 Å². The third kappa shape index (κ3) is 2.63. The molecule has 26 heavy (non-hydrogen) atoms. The second-order valence-corrected chi connectivity index (χ2v) is 7.11. The van der Waals surface area contributed by atoms with E-state index in [1.165, 1.54) is 0 Å². The van der Waals surface area contributed by atoms with Gasteiger partial charge in [0.25, 0.3) is 5.56 Å². The van der Waals surface area contributed by atoms with E-state index in [1.54, 1.807) is 6.07 Å². The first-order chi connectivity index (χ1) is 12.5. The van der Waals surface area contributed by atoms with E-state index >= 15 is 0 Å². The van der Waals surface area contributed by atoms with Crippen LogP contribution in [0.25, 0.3) is 33.4 Å². The number of fused-ring (bicyclic) bond motifs is 1. The van der Waals surface area contributed by atoms with E-state index in [-0.39, 0.29) is 11.3 Å². The molecule has 0 saturated carbocycles. The van der Waals surface area contributed by atoms with Crippen molar-refractivity contribution in [2.45, 2.75) is 13.8 Å². The second-order valence-electron chi connectivity index (χ2n) is 6.31. The number of nitrogens with zero attached hydrogens (tertiary/aromatic N) is 1. The highest BCUT2D eigenvalue weighted by Crippen LogP contribution is 2.34. The molecule has 2 aromatic heterocycles. The number of hydrogen-bond donors (Lipinski definition) is 3. The lowest BCUT2D eigenvalue weighted by Crippen LogP contribution is -2.11. The van der Waals surface area contributed by atoms with Gasteiger partial charge < -0.3 is 10.1 Å². The van der Waals surface area contributed by atoms with Crippen molar-refractivity contribution in [3.8, 4) is 28.3 Å². The van der Waals surface area contributed by atoms with Crippen LogP contribution >= 0.6 is 15.9 Å². The van der Waals surface area contributed by atoms with E-state index in [1.807, 2.05) is 50.2 Å². The highest BCUT2D eigenvalue weighted by molar-refractivity contribution is 9.10. The van der Waals surface area contributed by atoms with Gasteiger partial charge in [-0.2, -0.15) is 5.10 Å². The number of halogens is 1. The van der Waals surface area contributed by atoms with Gasteiger partial charge in [0, 0.05) is 16.5 Å². The first-order valence-electron chi connectivity index (χ1n) is 8.12. The van der Waals surface area contributed by atoms with Gasteiger partial charge in [-0.1, -0.05) is 18.2 Å². The number of phenols is 1. The van der Waals surface area contributed by atoms with Crippen LogP contribution in [0.3, 0.4) is 0 Å². The molecule has 0 amide bonds. The fourth-order valence-electron chi connectivity index (χ4n) is 3.14. The van der Waals surface area contributed by atoms with Gasteiger partial charge in [-0.15, -0.1) is 0 Å². The van der Waals surface area contributed by atoms with Crippen molar-refractivity contribution >= 4 is 26.8 Å². The van der Waals surface area contributed by atoms with Crippen molar-refractivity contribution in [1.82, 2.24) is 15.2 Å². The van der Waals surface area contributed by atoms with E-state index < -0.39 is 0 Å². The van der Waals surface area contributed by atoms with E-state index in [4.69, 9.17) is 0 Å². The lowest BCUT2D eigenvalue weighted by Gasteiger charge is -2.08. The Kier molecular flexibility index (Phi) is 3.92. The highest BCUT2D eigenvalue weighted by atomic mass is 79.9. The molecule has 0 aliphatic heterocycles. The van der Waals surface area contributed by atoms with Crippen molar-refractivity contribution in [3.63, 3.8) is 0 Å². The lowest BCUT2D eigenvalue weighted by molar-refractivity contribution is 0.467. The van der Waals surface area contributed by atoms with Gasteiger partial charge in [0.1, 0.15) is 5.75 Å². The third-order valence-electron chi connectivity index (χ3n) is 4.50. The molecule has 0 saturated heterocycles. The Morgan fingerprint density at radius 2 is 1.77 bits per heavy atom. The van der Waals surface area contributed by atoms with Gasteiger partial charge in [-0.3, -0.25) is 4.79 Å². The summed E-state index contributed by atoms with van der Waals surface area (Å²) in [5.41, 5.74) is 4.89. The molecule has 4 rings (SSSR count). The minimum absolute atomic E-state index is 0.270. The average molecular weight is 410 g/mol. The normalized spacial score (nSPS) is 11.2. The van der Waals surface area contributed by atoms with Crippen LogP contribution in [0.1, 0.15) is 11.1 Å². The van der Waals surface area contributed by atoms with Gasteiger partial charge >= 0.3 is 0 Å². The van der Waals surface area contributed by atoms with Crippen molar-refractivity contribution in [3.05, 3.63) is 68.4 Å². The number of nitrogens with one attached hydrogen (secondary N) is 2. The molecule has 4 aromatic rings. The molecule has 2 aromatic carbocycles. The topological polar surface area (TPSA) is 81.8 Å². The number of aromatic amines is 2. The summed E-state index contributed by atoms with van der Waals surface area (Å²) < 4.78 is 0.841. The summed E-state index contributed by atoms with van der Waals surface area (Å²) in [7, 11) is 0. The largest absolute Gasteiger partial charge is 0.507 e. The molecule has 0 atom stereocenters. The highest BCUT2D eigenvalue weighted by Gasteiger charge is 2.16. The molecule has 0 bridgehead atoms. The summed E-state index contributed by atoms with van der Waals surface area (Å²) >= 11 is 3.60. The second kappa shape index (κ2) is 6.14. The van der Waals surface area contributed by atoms with Gasteiger partial charge in [-0.05, 0) is 65.2 Å². The summed E-state index contributed by atoms with van der Waals surface area (Å²) in [5, 5.41) is 17.8. The molecule has 2 heterocycles. The maximum Gasteiger partial charge on any atom is 0.273 e. The lowest BCUT2D eigenvalue weighted by atomic mass is 10.0. The number of aromatic hydroxyl groups is 1. The van der Waals surface area contributed by atoms with Crippen LogP contribution in [0.2, 0.25) is 0 Å². The molecule has 3 N–H and O–H groups in total. The minimum atomic E-state index is -0.270. The fourth-order valence-corrected chi connectivity index (χ4v) is 3.79. The van der Waals surface area contributed by atoms with Crippen LogP contribution in [-0.2, 0) is 0 Å². The Balaban J connectivity index is 1.92. The molecule has 5 nitrogen and oxygen atoms in total. The van der Waals surface area contributed by atoms with E-state index in [2.05, 4.69) is 31.1 Å². The first kappa shape index (κ1) is 16.6. The SMILES string of the molecule is Cc1cc(-c2cc(-c3[nH]c4ccccc4c3Br)c(=O)[nH]n2)cc(C)c1O. The molecule has 0 fully saturated rings. The van der Waals surface area contributed by atoms with E-state index in [0.29, 0.717) is 17.0 Å². The Morgan fingerprint density at radius 1 is 1.08 bits per heavy atom. The summed E-state index contributed by atoms with van der Waals surface area (Å²) in [6.45, 7) is 3.68. The summed E-state index contributed by atoms with van der Waals surface area (Å²) in [5.74, 6) is 0.275. The Morgan fingerprint density at radius 3 is 2.46 bits per heavy atom. The molecule has 130 valence electrons. The van der Waals surface area contributed by atoms with Crippen molar-refractivity contribution in [1.29, 1.82) is 0 Å². The van der Waals surface area contributed by atoms with Crippen molar-refractivity contribution in [2.75, 3.05) is 0 Å². The third-order valence-corrected chi connectivity index (χ3v) is 5.33. The molecule has 0 unspecified atom stereocenters. The van der Waals surface area contributed by atoms with Gasteiger partial charge in [0.2, 0.25) is 0 Å². The maximum absolute atomic E-state index is 12.4. The Bertz CT molecular complexity index is 1180. The van der Waals surface area contributed by atoms with Crippen molar-refractivity contribution < 1.29 is 5.11 Å². The number of aromatic nitrogens is 3. The molecular formula is C20H16BrN3O2. The molecule has 0 aliphatic rings. The van der Waals surface area contributed by atoms with Crippen LogP contribution in [0, 0.1) is 13.8 Å². The number of para-hydroxylation sites is 1. The van der Waals surface area contributed by atoms with E-state index in [0.717, 1.165) is 32.1 Å². The van der Waals surface area contributed by atoms with E-state index in [9.17, 15) is 9.90 Å². The average Bonchev–Trinajstić information content (AvgIpc) is 2.97. The zero-order valence-electron chi connectivity index (χ0n) is 14.2. The minimum Gasteiger partial charge on any atom is -0.507 e. The molecule has 6 heteroatoms. The predicted octanol–water partition coefficient (Wildman–Crippen LogP) is 4.67. The number of H-pyrrole nitrogens is 2. The molecule has 0 aliphatic carbocycles.